The van der Waals surface area contributed by atoms with E-state index < -0.39 is 0 Å². The number of pyridine rings is 1. The molecular formula is C17H22N4O2. The van der Waals surface area contributed by atoms with Gasteiger partial charge in [-0.05, 0) is 31.0 Å². The molecule has 0 spiro atoms. The summed E-state index contributed by atoms with van der Waals surface area (Å²) in [6, 6.07) is 4.28. The highest BCUT2D eigenvalue weighted by molar-refractivity contribution is 5.73. The zero-order valence-corrected chi connectivity index (χ0v) is 13.6. The first-order valence-corrected chi connectivity index (χ1v) is 7.91. The molecule has 0 bridgehead atoms. The molecule has 122 valence electrons. The van der Waals surface area contributed by atoms with Crippen molar-refractivity contribution >= 4 is 5.91 Å². The molecule has 0 saturated carbocycles. The zero-order valence-electron chi connectivity index (χ0n) is 13.6. The van der Waals surface area contributed by atoms with Crippen molar-refractivity contribution in [3.05, 3.63) is 47.9 Å². The lowest BCUT2D eigenvalue weighted by Crippen LogP contribution is -2.40. The summed E-state index contributed by atoms with van der Waals surface area (Å²) in [5.74, 6) is 1.44. The molecule has 1 aliphatic rings. The van der Waals surface area contributed by atoms with Gasteiger partial charge in [-0.2, -0.15) is 0 Å². The van der Waals surface area contributed by atoms with Crippen LogP contribution in [0.25, 0.3) is 0 Å². The van der Waals surface area contributed by atoms with Crippen LogP contribution in [0.1, 0.15) is 30.6 Å². The molecule has 0 radical (unpaired) electrons. The van der Waals surface area contributed by atoms with E-state index in [9.17, 15) is 4.79 Å². The van der Waals surface area contributed by atoms with Crippen LogP contribution in [0, 0.1) is 6.92 Å². The summed E-state index contributed by atoms with van der Waals surface area (Å²) in [6.45, 7) is 6.67. The van der Waals surface area contributed by atoms with Gasteiger partial charge in [0.05, 0.1) is 12.7 Å². The van der Waals surface area contributed by atoms with Crippen LogP contribution in [0.5, 0.6) is 0 Å². The van der Waals surface area contributed by atoms with Gasteiger partial charge < -0.3 is 9.32 Å². The van der Waals surface area contributed by atoms with Crippen molar-refractivity contribution in [3.63, 3.8) is 0 Å². The largest absolute Gasteiger partial charge is 0.444 e. The number of amides is 1. The van der Waals surface area contributed by atoms with E-state index in [0.717, 1.165) is 31.8 Å². The maximum Gasteiger partial charge on any atom is 0.220 e. The highest BCUT2D eigenvalue weighted by atomic mass is 16.4. The predicted molar refractivity (Wildman–Crippen MR) is 85.4 cm³/mol. The van der Waals surface area contributed by atoms with Gasteiger partial charge in [-0.15, -0.1) is 0 Å². The summed E-state index contributed by atoms with van der Waals surface area (Å²) in [4.78, 5) is 24.5. The summed E-state index contributed by atoms with van der Waals surface area (Å²) >= 11 is 0. The van der Waals surface area contributed by atoms with Crippen LogP contribution in [0.4, 0.5) is 0 Å². The van der Waals surface area contributed by atoms with E-state index in [1.807, 2.05) is 36.4 Å². The molecule has 3 rings (SSSR count). The number of likely N-dealkylation sites (tertiary alicyclic amines) is 1. The number of aromatic nitrogens is 2. The highest BCUT2D eigenvalue weighted by Gasteiger charge is 2.30. The van der Waals surface area contributed by atoms with E-state index in [2.05, 4.69) is 14.9 Å². The maximum absolute atomic E-state index is 12.0. The van der Waals surface area contributed by atoms with Crippen LogP contribution in [0.3, 0.4) is 0 Å². The third-order valence-electron chi connectivity index (χ3n) is 4.22. The van der Waals surface area contributed by atoms with Gasteiger partial charge in [0.15, 0.2) is 0 Å². The van der Waals surface area contributed by atoms with Crippen molar-refractivity contribution in [2.24, 2.45) is 0 Å². The molecule has 6 heteroatoms. The fourth-order valence-corrected chi connectivity index (χ4v) is 3.07. The van der Waals surface area contributed by atoms with Gasteiger partial charge >= 0.3 is 0 Å². The number of hydrogen-bond acceptors (Lipinski definition) is 5. The normalized spacial score (nSPS) is 18.3. The lowest BCUT2D eigenvalue weighted by molar-refractivity contribution is -0.132. The third kappa shape index (κ3) is 3.96. The molecular weight excluding hydrogens is 292 g/mol. The van der Waals surface area contributed by atoms with Gasteiger partial charge in [-0.3, -0.25) is 14.7 Å². The number of carbonyl (C=O) groups excluding carboxylic acids is 1. The fourth-order valence-electron chi connectivity index (χ4n) is 3.07. The van der Waals surface area contributed by atoms with Crippen LogP contribution in [-0.4, -0.2) is 44.8 Å². The minimum absolute atomic E-state index is 0.0663. The predicted octanol–water partition coefficient (Wildman–Crippen LogP) is 2.00. The molecule has 0 aliphatic carbocycles. The smallest absolute Gasteiger partial charge is 0.220 e. The number of aryl methyl sites for hydroxylation is 1. The van der Waals surface area contributed by atoms with Gasteiger partial charge in [0.2, 0.25) is 11.8 Å². The summed E-state index contributed by atoms with van der Waals surface area (Å²) in [6.07, 6.45) is 6.30. The van der Waals surface area contributed by atoms with E-state index in [4.69, 9.17) is 4.42 Å². The Kier molecular flexibility index (Phi) is 4.71. The van der Waals surface area contributed by atoms with Crippen molar-refractivity contribution in [1.29, 1.82) is 0 Å². The fraction of sp³-hybridized carbons (Fsp3) is 0.471. The topological polar surface area (TPSA) is 62.5 Å². The lowest BCUT2D eigenvalue weighted by atomic mass is 10.2. The average molecular weight is 314 g/mol. The Balaban J connectivity index is 1.62. The Morgan fingerprint density at radius 1 is 1.43 bits per heavy atom. The first-order valence-electron chi connectivity index (χ1n) is 7.91. The van der Waals surface area contributed by atoms with Crippen molar-refractivity contribution in [1.82, 2.24) is 19.8 Å². The Hall–Kier alpha value is -2.21. The quantitative estimate of drug-likeness (QED) is 0.844. The monoisotopic (exact) mass is 314 g/mol. The first-order chi connectivity index (χ1) is 11.1. The van der Waals surface area contributed by atoms with Gasteiger partial charge in [0.25, 0.3) is 0 Å². The lowest BCUT2D eigenvalue weighted by Gasteiger charge is -2.27. The van der Waals surface area contributed by atoms with E-state index in [1.165, 1.54) is 5.56 Å². The van der Waals surface area contributed by atoms with Crippen LogP contribution in [-0.2, 0) is 17.9 Å². The van der Waals surface area contributed by atoms with Gasteiger partial charge in [0.1, 0.15) is 5.76 Å². The van der Waals surface area contributed by atoms with Crippen molar-refractivity contribution < 1.29 is 9.21 Å². The molecule has 1 fully saturated rings. The molecule has 1 saturated heterocycles. The molecule has 0 unspecified atom stereocenters. The zero-order chi connectivity index (χ0) is 16.2. The molecule has 1 atom stereocenters. The molecule has 2 aromatic heterocycles. The van der Waals surface area contributed by atoms with E-state index in [-0.39, 0.29) is 11.9 Å². The number of nitrogens with zero attached hydrogens (tertiary/aromatic N) is 4. The Bertz CT molecular complexity index is 656. The van der Waals surface area contributed by atoms with Crippen LogP contribution >= 0.6 is 0 Å². The Labute approximate surface area is 136 Å². The Morgan fingerprint density at radius 2 is 2.22 bits per heavy atom. The summed E-state index contributed by atoms with van der Waals surface area (Å²) < 4.78 is 5.52. The number of carbonyl (C=O) groups is 1. The summed E-state index contributed by atoms with van der Waals surface area (Å²) in [7, 11) is 0. The van der Waals surface area contributed by atoms with Crippen molar-refractivity contribution in [2.75, 3.05) is 13.1 Å². The second-order valence-electron chi connectivity index (χ2n) is 6.04. The molecule has 0 N–H and O–H groups in total. The molecule has 6 nitrogen and oxygen atoms in total. The third-order valence-corrected chi connectivity index (χ3v) is 4.22. The van der Waals surface area contributed by atoms with E-state index in [0.29, 0.717) is 12.4 Å². The number of hydrogen-bond donors (Lipinski definition) is 0. The molecule has 2 aromatic rings. The first kappa shape index (κ1) is 15.7. The minimum Gasteiger partial charge on any atom is -0.444 e. The second kappa shape index (κ2) is 6.91. The van der Waals surface area contributed by atoms with Gasteiger partial charge in [-0.1, -0.05) is 0 Å². The number of oxazole rings is 1. The molecule has 0 aromatic carbocycles. The average Bonchev–Trinajstić information content (AvgIpc) is 3.15. The van der Waals surface area contributed by atoms with Gasteiger partial charge in [-0.25, -0.2) is 4.98 Å². The highest BCUT2D eigenvalue weighted by Crippen LogP contribution is 2.20. The van der Waals surface area contributed by atoms with Crippen molar-refractivity contribution in [2.45, 2.75) is 39.4 Å². The molecule has 23 heavy (non-hydrogen) atoms. The van der Waals surface area contributed by atoms with E-state index >= 15 is 0 Å². The molecule has 1 amide bonds. The van der Waals surface area contributed by atoms with Crippen LogP contribution in [0.15, 0.2) is 35.1 Å². The second-order valence-corrected chi connectivity index (χ2v) is 6.04. The molecule has 3 heterocycles. The summed E-state index contributed by atoms with van der Waals surface area (Å²) in [5.41, 5.74) is 1.25. The van der Waals surface area contributed by atoms with Crippen LogP contribution < -0.4 is 0 Å². The standard InChI is InChI=1S/C17H22N4O2/c1-13-9-19-17(23-13)12-21(14(2)22)16-5-8-20(11-16)10-15-3-6-18-7-4-15/h3-4,6-7,9,16H,5,8,10-12H2,1-2H3/t16-/m0/s1. The van der Waals surface area contributed by atoms with Gasteiger partial charge in [0, 0.05) is 45.0 Å². The minimum atomic E-state index is 0.0663. The molecule has 1 aliphatic heterocycles. The van der Waals surface area contributed by atoms with E-state index in [1.54, 1.807) is 13.1 Å². The van der Waals surface area contributed by atoms with Crippen molar-refractivity contribution in [3.8, 4) is 0 Å². The summed E-state index contributed by atoms with van der Waals surface area (Å²) in [5, 5.41) is 0. The number of rotatable bonds is 5. The SMILES string of the molecule is CC(=O)N(Cc1ncc(C)o1)[C@H]1CCN(Cc2ccncc2)C1. The Morgan fingerprint density at radius 3 is 2.87 bits per heavy atom. The maximum atomic E-state index is 12.0. The van der Waals surface area contributed by atoms with Crippen LogP contribution in [0.2, 0.25) is 0 Å².